The highest BCUT2D eigenvalue weighted by atomic mass is 31.2. The van der Waals surface area contributed by atoms with Gasteiger partial charge in [0.05, 0.1) is 34.4 Å². The average molecular weight is 808 g/mol. The molecule has 0 aliphatic carbocycles. The SMILES string of the molecule is CC/C=C\C/C=C\C/C=C\C/C=C\C/C=C\CCCCCCCC(=O)OC(COCCCCCCCCCCCCCCC)COP(=O)([O-])OCC[N+](C)(C)C. The van der Waals surface area contributed by atoms with E-state index in [0.29, 0.717) is 24.1 Å². The largest absolute Gasteiger partial charge is 0.756 e. The Morgan fingerprint density at radius 1 is 0.571 bits per heavy atom. The maximum atomic E-state index is 12.7. The predicted molar refractivity (Wildman–Crippen MR) is 236 cm³/mol. The zero-order chi connectivity index (χ0) is 41.3. The molecule has 0 saturated carbocycles. The zero-order valence-corrected chi connectivity index (χ0v) is 37.7. The molecule has 0 N–H and O–H groups in total. The maximum absolute atomic E-state index is 12.7. The van der Waals surface area contributed by atoms with E-state index in [0.717, 1.165) is 83.5 Å². The number of esters is 1. The van der Waals surface area contributed by atoms with E-state index in [9.17, 15) is 14.3 Å². The molecule has 0 aromatic rings. The van der Waals surface area contributed by atoms with Gasteiger partial charge in [0.15, 0.2) is 0 Å². The van der Waals surface area contributed by atoms with Crippen molar-refractivity contribution in [1.29, 1.82) is 0 Å². The van der Waals surface area contributed by atoms with E-state index in [1.165, 1.54) is 70.6 Å². The Kier molecular flexibility index (Phi) is 38.7. The molecular formula is C47H86NO7P. The topological polar surface area (TPSA) is 94.1 Å². The summed E-state index contributed by atoms with van der Waals surface area (Å²) in [6.07, 6.45) is 49.4. The summed E-state index contributed by atoms with van der Waals surface area (Å²) in [7, 11) is 1.34. The smallest absolute Gasteiger partial charge is 0.306 e. The summed E-state index contributed by atoms with van der Waals surface area (Å²) < 4.78 is 34.6. The second-order valence-corrected chi connectivity index (χ2v) is 17.4. The molecule has 0 aromatic heterocycles. The third-order valence-corrected chi connectivity index (χ3v) is 10.3. The van der Waals surface area contributed by atoms with Gasteiger partial charge in [-0.25, -0.2) is 0 Å². The number of likely N-dealkylation sites (N-methyl/N-ethyl adjacent to an activating group) is 1. The lowest BCUT2D eigenvalue weighted by atomic mass is 10.0. The number of allylic oxidation sites excluding steroid dienone is 10. The molecule has 0 heterocycles. The first-order chi connectivity index (χ1) is 27.1. The standard InChI is InChI=1S/C47H86NO7P/c1-6-8-10-12-14-16-18-20-21-22-23-24-25-26-27-28-30-32-34-36-38-40-47(49)55-46(45-54-56(50,51)53-43-41-48(3,4)5)44-52-42-39-37-35-33-31-29-19-17-15-13-11-9-7-2/h8,10,14,16,20-21,23-24,26-27,46H,6-7,9,11-13,15,17-19,22,25,28-45H2,1-5H3/b10-8-,16-14-,21-20-,24-23-,27-26-. The quantitative estimate of drug-likeness (QED) is 0.0200. The summed E-state index contributed by atoms with van der Waals surface area (Å²) in [6, 6.07) is 0. The predicted octanol–water partition coefficient (Wildman–Crippen LogP) is 12.7. The van der Waals surface area contributed by atoms with Gasteiger partial charge in [-0.2, -0.15) is 0 Å². The zero-order valence-electron chi connectivity index (χ0n) is 36.8. The molecule has 56 heavy (non-hydrogen) atoms. The Morgan fingerprint density at radius 2 is 1.04 bits per heavy atom. The summed E-state index contributed by atoms with van der Waals surface area (Å²) in [4.78, 5) is 25.1. The third-order valence-electron chi connectivity index (χ3n) is 9.33. The Bertz CT molecular complexity index is 1080. The molecule has 0 fully saturated rings. The first-order valence-corrected chi connectivity index (χ1v) is 24.0. The Balaban J connectivity index is 4.26. The minimum Gasteiger partial charge on any atom is -0.756 e. The van der Waals surface area contributed by atoms with Crippen LogP contribution in [0.4, 0.5) is 0 Å². The third kappa shape index (κ3) is 43.3. The fraction of sp³-hybridized carbons (Fsp3) is 0.766. The molecular weight excluding hydrogens is 721 g/mol. The molecule has 0 aromatic carbocycles. The van der Waals surface area contributed by atoms with Crippen LogP contribution in [0, 0.1) is 0 Å². The van der Waals surface area contributed by atoms with Crippen molar-refractivity contribution >= 4 is 13.8 Å². The fourth-order valence-corrected chi connectivity index (χ4v) is 6.59. The van der Waals surface area contributed by atoms with E-state index in [1.807, 2.05) is 21.1 Å². The van der Waals surface area contributed by atoms with Crippen LogP contribution in [0.3, 0.4) is 0 Å². The summed E-state index contributed by atoms with van der Waals surface area (Å²) in [6.45, 7) is 5.27. The number of ether oxygens (including phenoxy) is 2. The fourth-order valence-electron chi connectivity index (χ4n) is 5.87. The van der Waals surface area contributed by atoms with Gasteiger partial charge in [-0.1, -0.05) is 171 Å². The number of carbonyl (C=O) groups excluding carboxylic acids is 1. The molecule has 0 aliphatic rings. The number of quaternary nitrogens is 1. The van der Waals surface area contributed by atoms with Crippen LogP contribution in [0.15, 0.2) is 60.8 Å². The van der Waals surface area contributed by atoms with Crippen molar-refractivity contribution < 1.29 is 37.3 Å². The number of nitrogens with zero attached hydrogens (tertiary/aromatic N) is 1. The molecule has 0 radical (unpaired) electrons. The number of hydrogen-bond donors (Lipinski definition) is 0. The van der Waals surface area contributed by atoms with Gasteiger partial charge in [-0.3, -0.25) is 9.36 Å². The van der Waals surface area contributed by atoms with Gasteiger partial charge >= 0.3 is 5.97 Å². The van der Waals surface area contributed by atoms with Crippen molar-refractivity contribution in [2.45, 2.75) is 180 Å². The van der Waals surface area contributed by atoms with E-state index in [1.54, 1.807) is 0 Å². The molecule has 2 unspecified atom stereocenters. The number of carbonyl (C=O) groups is 1. The summed E-state index contributed by atoms with van der Waals surface area (Å²) in [5.74, 6) is -0.353. The van der Waals surface area contributed by atoms with Crippen LogP contribution < -0.4 is 4.89 Å². The second kappa shape index (κ2) is 40.0. The van der Waals surface area contributed by atoms with Crippen LogP contribution in [-0.2, 0) is 27.9 Å². The van der Waals surface area contributed by atoms with Crippen molar-refractivity contribution in [2.75, 3.05) is 54.1 Å². The van der Waals surface area contributed by atoms with Crippen molar-refractivity contribution in [3.05, 3.63) is 60.8 Å². The lowest BCUT2D eigenvalue weighted by Gasteiger charge is -2.28. The molecule has 0 rings (SSSR count). The van der Waals surface area contributed by atoms with Crippen LogP contribution in [0.1, 0.15) is 174 Å². The van der Waals surface area contributed by atoms with Gasteiger partial charge in [-0.05, 0) is 57.8 Å². The Labute approximate surface area is 345 Å². The van der Waals surface area contributed by atoms with Crippen LogP contribution >= 0.6 is 7.82 Å². The van der Waals surface area contributed by atoms with Crippen LogP contribution in [0.5, 0.6) is 0 Å². The molecule has 0 aliphatic heterocycles. The number of hydrogen-bond acceptors (Lipinski definition) is 7. The summed E-state index contributed by atoms with van der Waals surface area (Å²) in [5.41, 5.74) is 0. The minimum atomic E-state index is -4.53. The van der Waals surface area contributed by atoms with E-state index in [-0.39, 0.29) is 25.8 Å². The van der Waals surface area contributed by atoms with E-state index in [2.05, 4.69) is 74.6 Å². The van der Waals surface area contributed by atoms with E-state index >= 15 is 0 Å². The van der Waals surface area contributed by atoms with Crippen LogP contribution in [-0.4, -0.2) is 70.7 Å². The van der Waals surface area contributed by atoms with Gasteiger partial charge in [0.1, 0.15) is 19.3 Å². The second-order valence-electron chi connectivity index (χ2n) is 16.0. The van der Waals surface area contributed by atoms with Crippen LogP contribution in [0.2, 0.25) is 0 Å². The first-order valence-electron chi connectivity index (χ1n) is 22.5. The average Bonchev–Trinajstić information content (AvgIpc) is 3.15. The highest BCUT2D eigenvalue weighted by Gasteiger charge is 2.20. The lowest BCUT2D eigenvalue weighted by molar-refractivity contribution is -0.870. The van der Waals surface area contributed by atoms with Crippen molar-refractivity contribution in [1.82, 2.24) is 0 Å². The number of phosphoric acid groups is 1. The van der Waals surface area contributed by atoms with Crippen molar-refractivity contribution in [3.63, 3.8) is 0 Å². The van der Waals surface area contributed by atoms with E-state index in [4.69, 9.17) is 18.5 Å². The molecule has 8 nitrogen and oxygen atoms in total. The normalized spacial score (nSPS) is 14.3. The van der Waals surface area contributed by atoms with Crippen LogP contribution in [0.25, 0.3) is 0 Å². The van der Waals surface area contributed by atoms with Crippen molar-refractivity contribution in [3.8, 4) is 0 Å². The van der Waals surface area contributed by atoms with E-state index < -0.39 is 13.9 Å². The summed E-state index contributed by atoms with van der Waals surface area (Å²) >= 11 is 0. The Hall–Kier alpha value is -1.80. The lowest BCUT2D eigenvalue weighted by Crippen LogP contribution is -2.37. The van der Waals surface area contributed by atoms with Gasteiger partial charge in [-0.15, -0.1) is 0 Å². The number of unbranched alkanes of at least 4 members (excludes halogenated alkanes) is 17. The molecule has 0 spiro atoms. The number of phosphoric ester groups is 1. The van der Waals surface area contributed by atoms with Crippen molar-refractivity contribution in [2.24, 2.45) is 0 Å². The molecule has 0 saturated heterocycles. The molecule has 0 amide bonds. The molecule has 0 bridgehead atoms. The number of rotatable bonds is 41. The molecule has 2 atom stereocenters. The first kappa shape index (κ1) is 54.2. The Morgan fingerprint density at radius 3 is 1.55 bits per heavy atom. The highest BCUT2D eigenvalue weighted by Crippen LogP contribution is 2.38. The molecule has 326 valence electrons. The van der Waals surface area contributed by atoms with Gasteiger partial charge in [0.2, 0.25) is 0 Å². The highest BCUT2D eigenvalue weighted by molar-refractivity contribution is 7.45. The van der Waals surface area contributed by atoms with Gasteiger partial charge < -0.3 is 27.9 Å². The minimum absolute atomic E-state index is 0.0204. The summed E-state index contributed by atoms with van der Waals surface area (Å²) in [5, 5.41) is 0. The maximum Gasteiger partial charge on any atom is 0.306 e. The monoisotopic (exact) mass is 808 g/mol. The van der Waals surface area contributed by atoms with Gasteiger partial charge in [0, 0.05) is 13.0 Å². The molecule has 9 heteroatoms. The van der Waals surface area contributed by atoms with Gasteiger partial charge in [0.25, 0.3) is 7.82 Å².